The largest absolute Gasteiger partial charge is 0.444 e. The van der Waals surface area contributed by atoms with E-state index in [4.69, 9.17) is 14.6 Å². The quantitative estimate of drug-likeness (QED) is 0.854. The van der Waals surface area contributed by atoms with Crippen molar-refractivity contribution in [3.8, 4) is 0 Å². The number of ether oxygens (including phenoxy) is 2. The first-order chi connectivity index (χ1) is 8.76. The molecule has 0 spiro atoms. The fraction of sp³-hybridized carbons (Fsp3) is 0.929. The molecule has 1 fully saturated rings. The molecule has 5 nitrogen and oxygen atoms in total. The molecule has 0 saturated carbocycles. The third kappa shape index (κ3) is 4.66. The van der Waals surface area contributed by atoms with Crippen LogP contribution in [0.3, 0.4) is 0 Å². The fourth-order valence-electron chi connectivity index (χ4n) is 2.24. The van der Waals surface area contributed by atoms with Gasteiger partial charge < -0.3 is 14.6 Å². The highest BCUT2D eigenvalue weighted by molar-refractivity contribution is 5.69. The predicted molar refractivity (Wildman–Crippen MR) is 73.0 cm³/mol. The number of hydrogen-bond acceptors (Lipinski definition) is 4. The number of carbonyl (C=O) groups is 1. The lowest BCUT2D eigenvalue weighted by Crippen LogP contribution is -2.58. The van der Waals surface area contributed by atoms with Gasteiger partial charge in [0.05, 0.1) is 25.3 Å². The second-order valence-corrected chi connectivity index (χ2v) is 6.40. The zero-order valence-electron chi connectivity index (χ0n) is 12.7. The van der Waals surface area contributed by atoms with Crippen molar-refractivity contribution >= 4 is 6.09 Å². The van der Waals surface area contributed by atoms with Crippen LogP contribution in [0.1, 0.15) is 41.0 Å². The summed E-state index contributed by atoms with van der Waals surface area (Å²) in [6.07, 6.45) is 0.204. The number of hydrogen-bond donors (Lipinski definition) is 1. The van der Waals surface area contributed by atoms with Crippen molar-refractivity contribution in [2.75, 3.05) is 19.8 Å². The molecule has 0 aliphatic carbocycles. The molecule has 0 bridgehead atoms. The van der Waals surface area contributed by atoms with Gasteiger partial charge >= 0.3 is 6.09 Å². The first-order valence-electron chi connectivity index (χ1n) is 6.96. The van der Waals surface area contributed by atoms with Crippen molar-refractivity contribution in [2.24, 2.45) is 5.92 Å². The van der Waals surface area contributed by atoms with Crippen molar-refractivity contribution in [1.82, 2.24) is 4.90 Å². The maximum atomic E-state index is 12.4. The average Bonchev–Trinajstić information content (AvgIpc) is 2.26. The van der Waals surface area contributed by atoms with Gasteiger partial charge in [-0.15, -0.1) is 0 Å². The van der Waals surface area contributed by atoms with E-state index >= 15 is 0 Å². The molecule has 5 heteroatoms. The topological polar surface area (TPSA) is 59.0 Å². The standard InChI is InChI=1S/C14H27NO4/c1-10(2)12-9-18-8-11(6-7-16)15(12)13(17)19-14(3,4)5/h10-12,16H,6-9H2,1-5H3. The minimum Gasteiger partial charge on any atom is -0.444 e. The van der Waals surface area contributed by atoms with E-state index in [0.717, 1.165) is 0 Å². The van der Waals surface area contributed by atoms with Gasteiger partial charge in [-0.1, -0.05) is 13.8 Å². The van der Waals surface area contributed by atoms with E-state index in [1.54, 1.807) is 4.90 Å². The van der Waals surface area contributed by atoms with Crippen molar-refractivity contribution in [3.05, 3.63) is 0 Å². The van der Waals surface area contributed by atoms with Gasteiger partial charge in [-0.05, 0) is 33.1 Å². The SMILES string of the molecule is CC(C)C1COCC(CCO)N1C(=O)OC(C)(C)C. The van der Waals surface area contributed by atoms with E-state index in [0.29, 0.717) is 19.6 Å². The van der Waals surface area contributed by atoms with Gasteiger partial charge in [-0.3, -0.25) is 4.90 Å². The molecule has 0 aromatic rings. The minimum atomic E-state index is -0.513. The van der Waals surface area contributed by atoms with E-state index in [1.165, 1.54) is 0 Å². The molecular formula is C14H27NO4. The van der Waals surface area contributed by atoms with E-state index in [-0.39, 0.29) is 30.7 Å². The molecule has 0 aromatic heterocycles. The van der Waals surface area contributed by atoms with E-state index in [1.807, 2.05) is 20.8 Å². The third-order valence-electron chi connectivity index (χ3n) is 3.19. The Morgan fingerprint density at radius 1 is 1.42 bits per heavy atom. The van der Waals surface area contributed by atoms with Gasteiger partial charge in [0, 0.05) is 6.61 Å². The van der Waals surface area contributed by atoms with E-state index in [9.17, 15) is 4.79 Å². The van der Waals surface area contributed by atoms with E-state index in [2.05, 4.69) is 13.8 Å². The first-order valence-corrected chi connectivity index (χ1v) is 6.96. The average molecular weight is 273 g/mol. The summed E-state index contributed by atoms with van der Waals surface area (Å²) >= 11 is 0. The highest BCUT2D eigenvalue weighted by atomic mass is 16.6. The lowest BCUT2D eigenvalue weighted by atomic mass is 9.99. The van der Waals surface area contributed by atoms with Gasteiger partial charge in [-0.25, -0.2) is 4.79 Å². The maximum absolute atomic E-state index is 12.4. The molecule has 1 rings (SSSR count). The summed E-state index contributed by atoms with van der Waals surface area (Å²) in [5.41, 5.74) is -0.513. The van der Waals surface area contributed by atoms with Crippen LogP contribution in [0.25, 0.3) is 0 Å². The maximum Gasteiger partial charge on any atom is 0.410 e. The monoisotopic (exact) mass is 273 g/mol. The number of amides is 1. The molecule has 19 heavy (non-hydrogen) atoms. The Kier molecular flexibility index (Phi) is 5.62. The van der Waals surface area contributed by atoms with Crippen molar-refractivity contribution < 1.29 is 19.4 Å². The molecule has 1 heterocycles. The van der Waals surface area contributed by atoms with Gasteiger partial charge in [0.1, 0.15) is 5.60 Å². The van der Waals surface area contributed by atoms with Crippen LogP contribution in [0, 0.1) is 5.92 Å². The van der Waals surface area contributed by atoms with Gasteiger partial charge in [0.15, 0.2) is 0 Å². The second kappa shape index (κ2) is 6.57. The Bertz CT molecular complexity index is 296. The number of rotatable bonds is 3. The van der Waals surface area contributed by atoms with Crippen molar-refractivity contribution in [3.63, 3.8) is 0 Å². The molecule has 1 saturated heterocycles. The molecule has 2 unspecified atom stereocenters. The summed E-state index contributed by atoms with van der Waals surface area (Å²) in [6, 6.07) is -0.110. The van der Waals surface area contributed by atoms with Gasteiger partial charge in [0.25, 0.3) is 0 Å². The summed E-state index contributed by atoms with van der Waals surface area (Å²) < 4.78 is 11.0. The van der Waals surface area contributed by atoms with Crippen LogP contribution >= 0.6 is 0 Å². The fourth-order valence-corrected chi connectivity index (χ4v) is 2.24. The van der Waals surface area contributed by atoms with Crippen LogP contribution in [0.4, 0.5) is 4.79 Å². The van der Waals surface area contributed by atoms with Crippen molar-refractivity contribution in [2.45, 2.75) is 58.7 Å². The molecule has 0 aromatic carbocycles. The normalized spacial score (nSPS) is 24.7. The summed E-state index contributed by atoms with van der Waals surface area (Å²) in [6.45, 7) is 10.7. The Morgan fingerprint density at radius 2 is 2.05 bits per heavy atom. The second-order valence-electron chi connectivity index (χ2n) is 6.40. The summed E-state index contributed by atoms with van der Waals surface area (Å²) in [7, 11) is 0. The number of nitrogens with zero attached hydrogens (tertiary/aromatic N) is 1. The lowest BCUT2D eigenvalue weighted by Gasteiger charge is -2.43. The zero-order valence-corrected chi connectivity index (χ0v) is 12.7. The van der Waals surface area contributed by atoms with Crippen molar-refractivity contribution in [1.29, 1.82) is 0 Å². The number of carbonyl (C=O) groups excluding carboxylic acids is 1. The van der Waals surface area contributed by atoms with Crippen LogP contribution in [-0.2, 0) is 9.47 Å². The molecule has 112 valence electrons. The van der Waals surface area contributed by atoms with Crippen LogP contribution in [0.5, 0.6) is 0 Å². The van der Waals surface area contributed by atoms with Gasteiger partial charge in [-0.2, -0.15) is 0 Å². The molecular weight excluding hydrogens is 246 g/mol. The molecule has 0 radical (unpaired) electrons. The van der Waals surface area contributed by atoms with Gasteiger partial charge in [0.2, 0.25) is 0 Å². The van der Waals surface area contributed by atoms with Crippen LogP contribution in [0.2, 0.25) is 0 Å². The Hall–Kier alpha value is -0.810. The Balaban J connectivity index is 2.86. The first kappa shape index (κ1) is 16.2. The molecule has 1 amide bonds. The lowest BCUT2D eigenvalue weighted by molar-refractivity contribution is -0.0757. The highest BCUT2D eigenvalue weighted by Crippen LogP contribution is 2.24. The van der Waals surface area contributed by atoms with Crippen LogP contribution < -0.4 is 0 Å². The number of aliphatic hydroxyl groups is 1. The smallest absolute Gasteiger partial charge is 0.410 e. The number of aliphatic hydroxyl groups excluding tert-OH is 1. The summed E-state index contributed by atoms with van der Waals surface area (Å²) in [4.78, 5) is 14.1. The third-order valence-corrected chi connectivity index (χ3v) is 3.19. The van der Waals surface area contributed by atoms with E-state index < -0.39 is 5.60 Å². The molecule has 1 aliphatic heterocycles. The number of morpholine rings is 1. The minimum absolute atomic E-state index is 0.000139. The highest BCUT2D eigenvalue weighted by Gasteiger charge is 2.38. The Morgan fingerprint density at radius 3 is 2.53 bits per heavy atom. The van der Waals surface area contributed by atoms with Crippen LogP contribution in [-0.4, -0.2) is 53.6 Å². The molecule has 1 aliphatic rings. The van der Waals surface area contributed by atoms with Crippen LogP contribution in [0.15, 0.2) is 0 Å². The molecule has 2 atom stereocenters. The summed E-state index contributed by atoms with van der Waals surface area (Å²) in [5, 5.41) is 9.14. The zero-order chi connectivity index (χ0) is 14.6. The Labute approximate surface area is 115 Å². The summed E-state index contributed by atoms with van der Waals surface area (Å²) in [5.74, 6) is 0.286. The predicted octanol–water partition coefficient (Wildman–Crippen LogP) is 2.03. The molecule has 1 N–H and O–H groups in total.